The number of likely N-dealkylation sites (tertiary alicyclic amines) is 1. The van der Waals surface area contributed by atoms with Crippen LogP contribution in [0.1, 0.15) is 34.8 Å². The van der Waals surface area contributed by atoms with E-state index in [1.807, 2.05) is 6.07 Å². The molecule has 1 heterocycles. The van der Waals surface area contributed by atoms with Crippen LogP contribution in [0, 0.1) is 0 Å². The van der Waals surface area contributed by atoms with Crippen LogP contribution in [0.4, 0.5) is 0 Å². The van der Waals surface area contributed by atoms with Gasteiger partial charge in [0.25, 0.3) is 5.91 Å². The van der Waals surface area contributed by atoms with Gasteiger partial charge in [-0.3, -0.25) is 9.69 Å². The van der Waals surface area contributed by atoms with Crippen LogP contribution in [-0.4, -0.2) is 44.7 Å². The first-order chi connectivity index (χ1) is 12.7. The summed E-state index contributed by atoms with van der Waals surface area (Å²) in [5.74, 6) is 1.06. The maximum Gasteiger partial charge on any atom is 0.251 e. The average molecular weight is 354 g/mol. The highest BCUT2D eigenvalue weighted by Crippen LogP contribution is 2.28. The number of benzene rings is 2. The van der Waals surface area contributed by atoms with E-state index >= 15 is 0 Å². The Bertz CT molecular complexity index is 727. The molecule has 0 aliphatic carbocycles. The minimum Gasteiger partial charge on any atom is -0.493 e. The third-order valence-corrected chi connectivity index (χ3v) is 4.87. The van der Waals surface area contributed by atoms with Gasteiger partial charge in [-0.1, -0.05) is 30.3 Å². The molecule has 3 rings (SSSR count). The van der Waals surface area contributed by atoms with Gasteiger partial charge in [-0.2, -0.15) is 0 Å². The highest BCUT2D eigenvalue weighted by atomic mass is 16.5. The van der Waals surface area contributed by atoms with Crippen LogP contribution in [0.15, 0.2) is 48.5 Å². The third-order valence-electron chi connectivity index (χ3n) is 4.87. The molecule has 0 saturated carbocycles. The Labute approximate surface area is 154 Å². The smallest absolute Gasteiger partial charge is 0.251 e. The van der Waals surface area contributed by atoms with E-state index in [0.29, 0.717) is 23.6 Å². The molecule has 1 N–H and O–H groups in total. The molecule has 0 bridgehead atoms. The molecule has 1 fully saturated rings. The molecule has 2 aromatic carbocycles. The summed E-state index contributed by atoms with van der Waals surface area (Å²) in [5, 5.41) is 3.09. The summed E-state index contributed by atoms with van der Waals surface area (Å²) < 4.78 is 10.5. The van der Waals surface area contributed by atoms with Gasteiger partial charge in [-0.25, -0.2) is 0 Å². The van der Waals surface area contributed by atoms with Gasteiger partial charge in [0.1, 0.15) is 0 Å². The zero-order valence-electron chi connectivity index (χ0n) is 15.4. The summed E-state index contributed by atoms with van der Waals surface area (Å²) in [4.78, 5) is 15.1. The van der Waals surface area contributed by atoms with Gasteiger partial charge in [0.15, 0.2) is 11.5 Å². The lowest BCUT2D eigenvalue weighted by atomic mass is 10.1. The largest absolute Gasteiger partial charge is 0.493 e. The van der Waals surface area contributed by atoms with Crippen LogP contribution in [-0.2, 0) is 0 Å². The molecule has 1 atom stereocenters. The molecule has 26 heavy (non-hydrogen) atoms. The molecular formula is C21H26N2O3. The van der Waals surface area contributed by atoms with Crippen molar-refractivity contribution in [2.24, 2.45) is 0 Å². The van der Waals surface area contributed by atoms with Gasteiger partial charge in [-0.15, -0.1) is 0 Å². The molecule has 1 aliphatic heterocycles. The molecular weight excluding hydrogens is 328 g/mol. The van der Waals surface area contributed by atoms with E-state index in [-0.39, 0.29) is 11.9 Å². The van der Waals surface area contributed by atoms with Crippen molar-refractivity contribution in [3.63, 3.8) is 0 Å². The van der Waals surface area contributed by atoms with Crippen LogP contribution < -0.4 is 14.8 Å². The second-order valence-electron chi connectivity index (χ2n) is 6.45. The van der Waals surface area contributed by atoms with Crippen molar-refractivity contribution in [3.8, 4) is 11.5 Å². The predicted molar refractivity (Wildman–Crippen MR) is 102 cm³/mol. The molecule has 1 saturated heterocycles. The Kier molecular flexibility index (Phi) is 6.12. The fourth-order valence-electron chi connectivity index (χ4n) is 3.46. The van der Waals surface area contributed by atoms with Crippen LogP contribution in [0.3, 0.4) is 0 Å². The number of hydrogen-bond donors (Lipinski definition) is 1. The van der Waals surface area contributed by atoms with Gasteiger partial charge in [0.2, 0.25) is 0 Å². The normalized spacial score (nSPS) is 15.5. The Morgan fingerprint density at radius 2 is 1.73 bits per heavy atom. The summed E-state index contributed by atoms with van der Waals surface area (Å²) in [5.41, 5.74) is 1.80. The first kappa shape index (κ1) is 18.3. The molecule has 138 valence electrons. The van der Waals surface area contributed by atoms with Crippen molar-refractivity contribution in [1.82, 2.24) is 10.2 Å². The maximum atomic E-state index is 12.6. The Hall–Kier alpha value is -2.53. The van der Waals surface area contributed by atoms with E-state index in [1.54, 1.807) is 32.4 Å². The Balaban J connectivity index is 1.71. The number of amides is 1. The van der Waals surface area contributed by atoms with Crippen LogP contribution in [0.25, 0.3) is 0 Å². The standard InChI is InChI=1S/C21H26N2O3/c1-25-19-11-10-17(14-20(19)26-2)21(24)22-15-18(23-12-6-7-13-23)16-8-4-3-5-9-16/h3-5,8-11,14,18H,6-7,12-13,15H2,1-2H3,(H,22,24). The molecule has 2 aromatic rings. The first-order valence-electron chi connectivity index (χ1n) is 9.02. The van der Waals surface area contributed by atoms with E-state index in [0.717, 1.165) is 13.1 Å². The van der Waals surface area contributed by atoms with E-state index in [4.69, 9.17) is 9.47 Å². The van der Waals surface area contributed by atoms with E-state index in [9.17, 15) is 4.79 Å². The molecule has 0 spiro atoms. The molecule has 5 heteroatoms. The van der Waals surface area contributed by atoms with Crippen molar-refractivity contribution in [3.05, 3.63) is 59.7 Å². The number of methoxy groups -OCH3 is 2. The number of carbonyl (C=O) groups is 1. The number of carbonyl (C=O) groups excluding carboxylic acids is 1. The van der Waals surface area contributed by atoms with Gasteiger partial charge < -0.3 is 14.8 Å². The number of nitrogens with one attached hydrogen (secondary N) is 1. The fourth-order valence-corrected chi connectivity index (χ4v) is 3.46. The fraction of sp³-hybridized carbons (Fsp3) is 0.381. The maximum absolute atomic E-state index is 12.6. The summed E-state index contributed by atoms with van der Waals surface area (Å²) in [7, 11) is 3.15. The second kappa shape index (κ2) is 8.72. The third kappa shape index (κ3) is 4.17. The predicted octanol–water partition coefficient (Wildman–Crippen LogP) is 3.27. The van der Waals surface area contributed by atoms with Crippen molar-refractivity contribution >= 4 is 5.91 Å². The summed E-state index contributed by atoms with van der Waals surface area (Å²) in [6, 6.07) is 15.8. The molecule has 1 aliphatic rings. The molecule has 1 amide bonds. The van der Waals surface area contributed by atoms with Gasteiger partial charge in [0.05, 0.1) is 20.3 Å². The van der Waals surface area contributed by atoms with Gasteiger partial charge in [0, 0.05) is 12.1 Å². The molecule has 5 nitrogen and oxygen atoms in total. The van der Waals surface area contributed by atoms with E-state index in [1.165, 1.54) is 18.4 Å². The summed E-state index contributed by atoms with van der Waals surface area (Å²) in [6.45, 7) is 2.73. The van der Waals surface area contributed by atoms with Crippen molar-refractivity contribution < 1.29 is 14.3 Å². The molecule has 1 unspecified atom stereocenters. The Morgan fingerprint density at radius 3 is 2.38 bits per heavy atom. The number of rotatable bonds is 7. The van der Waals surface area contributed by atoms with Crippen LogP contribution in [0.2, 0.25) is 0 Å². The zero-order chi connectivity index (χ0) is 18.4. The second-order valence-corrected chi connectivity index (χ2v) is 6.45. The average Bonchev–Trinajstić information content (AvgIpc) is 3.22. The number of nitrogens with zero attached hydrogens (tertiary/aromatic N) is 1. The van der Waals surface area contributed by atoms with Crippen LogP contribution in [0.5, 0.6) is 11.5 Å². The number of hydrogen-bond acceptors (Lipinski definition) is 4. The van der Waals surface area contributed by atoms with Gasteiger partial charge >= 0.3 is 0 Å². The lowest BCUT2D eigenvalue weighted by Crippen LogP contribution is -2.36. The van der Waals surface area contributed by atoms with Crippen molar-refractivity contribution in [2.75, 3.05) is 33.9 Å². The zero-order valence-corrected chi connectivity index (χ0v) is 15.4. The van der Waals surface area contributed by atoms with Crippen molar-refractivity contribution in [1.29, 1.82) is 0 Å². The minimum atomic E-state index is -0.105. The molecule has 0 radical (unpaired) electrons. The topological polar surface area (TPSA) is 50.8 Å². The summed E-state index contributed by atoms with van der Waals surface area (Å²) in [6.07, 6.45) is 2.43. The number of ether oxygens (including phenoxy) is 2. The summed E-state index contributed by atoms with van der Waals surface area (Å²) >= 11 is 0. The SMILES string of the molecule is COc1ccc(C(=O)NCC(c2ccccc2)N2CCCC2)cc1OC. The first-order valence-corrected chi connectivity index (χ1v) is 9.02. The highest BCUT2D eigenvalue weighted by Gasteiger charge is 2.24. The van der Waals surface area contributed by atoms with E-state index in [2.05, 4.69) is 34.5 Å². The monoisotopic (exact) mass is 354 g/mol. The molecule has 0 aromatic heterocycles. The lowest BCUT2D eigenvalue weighted by Gasteiger charge is -2.28. The van der Waals surface area contributed by atoms with Crippen molar-refractivity contribution in [2.45, 2.75) is 18.9 Å². The lowest BCUT2D eigenvalue weighted by molar-refractivity contribution is 0.0937. The minimum absolute atomic E-state index is 0.105. The quantitative estimate of drug-likeness (QED) is 0.829. The Morgan fingerprint density at radius 1 is 1.04 bits per heavy atom. The van der Waals surface area contributed by atoms with E-state index < -0.39 is 0 Å². The van der Waals surface area contributed by atoms with Crippen LogP contribution >= 0.6 is 0 Å². The van der Waals surface area contributed by atoms with Gasteiger partial charge in [-0.05, 0) is 49.7 Å². The highest BCUT2D eigenvalue weighted by molar-refractivity contribution is 5.94.